The van der Waals surface area contributed by atoms with Crippen LogP contribution in [-0.4, -0.2) is 30.5 Å². The van der Waals surface area contributed by atoms with Crippen molar-refractivity contribution in [2.24, 2.45) is 17.3 Å². The molecule has 1 N–H and O–H groups in total. The molecule has 2 unspecified atom stereocenters. The number of hydrogen-bond donors (Lipinski definition) is 1. The van der Waals surface area contributed by atoms with Gasteiger partial charge in [0.1, 0.15) is 6.33 Å². The fraction of sp³-hybridized carbons (Fsp3) is 0.478. The molecule has 4 aliphatic rings. The zero-order chi connectivity index (χ0) is 22.8. The van der Waals surface area contributed by atoms with Gasteiger partial charge in [-0.15, -0.1) is 5.10 Å². The van der Waals surface area contributed by atoms with Gasteiger partial charge >= 0.3 is 0 Å². The molecule has 2 aromatic heterocycles. The molecule has 3 aromatic rings. The van der Waals surface area contributed by atoms with E-state index >= 15 is 0 Å². The van der Waals surface area contributed by atoms with E-state index in [-0.39, 0.29) is 16.7 Å². The van der Waals surface area contributed by atoms with Gasteiger partial charge in [-0.3, -0.25) is 9.48 Å². The average molecular weight is 506 g/mol. The SMILES string of the molecule is O=C(Nc1ccn(Cc2c(Cl)cccc2Cl)n1)C12CC3CC(C1)CC(n1cnc(Cl)n1)(C3)C2. The first kappa shape index (κ1) is 21.4. The quantitative estimate of drug-likeness (QED) is 0.502. The molecule has 4 fully saturated rings. The molecular weight excluding hydrogens is 483 g/mol. The van der Waals surface area contributed by atoms with E-state index < -0.39 is 5.41 Å². The van der Waals surface area contributed by atoms with Gasteiger partial charge in [-0.1, -0.05) is 29.3 Å². The van der Waals surface area contributed by atoms with Gasteiger partial charge < -0.3 is 5.32 Å². The first-order valence-corrected chi connectivity index (χ1v) is 12.3. The van der Waals surface area contributed by atoms with Crippen LogP contribution in [0.15, 0.2) is 36.8 Å². The smallest absolute Gasteiger partial charge is 0.242 e. The summed E-state index contributed by atoms with van der Waals surface area (Å²) in [5, 5.41) is 13.5. The predicted octanol–water partition coefficient (Wildman–Crippen LogP) is 5.42. The second-order valence-electron chi connectivity index (χ2n) is 9.98. The van der Waals surface area contributed by atoms with Gasteiger partial charge in [-0.25, -0.2) is 9.67 Å². The fourth-order valence-electron chi connectivity index (χ4n) is 6.83. The summed E-state index contributed by atoms with van der Waals surface area (Å²) < 4.78 is 3.66. The number of anilines is 1. The summed E-state index contributed by atoms with van der Waals surface area (Å²) in [7, 11) is 0. The van der Waals surface area contributed by atoms with Crippen LogP contribution < -0.4 is 5.32 Å². The molecule has 0 spiro atoms. The monoisotopic (exact) mass is 504 g/mol. The van der Waals surface area contributed by atoms with Crippen LogP contribution in [0, 0.1) is 17.3 Å². The van der Waals surface area contributed by atoms with Gasteiger partial charge in [0.05, 0.1) is 17.5 Å². The molecule has 2 atom stereocenters. The van der Waals surface area contributed by atoms with Crippen LogP contribution in [0.1, 0.15) is 44.1 Å². The Hall–Kier alpha value is -2.09. The Kier molecular flexibility index (Phi) is 5.02. The van der Waals surface area contributed by atoms with Crippen molar-refractivity contribution in [1.29, 1.82) is 0 Å². The summed E-state index contributed by atoms with van der Waals surface area (Å²) in [6, 6.07) is 7.24. The molecule has 0 saturated heterocycles. The van der Waals surface area contributed by atoms with Crippen LogP contribution in [0.3, 0.4) is 0 Å². The molecule has 4 saturated carbocycles. The Bertz CT molecular complexity index is 1200. The summed E-state index contributed by atoms with van der Waals surface area (Å²) in [5.41, 5.74) is 0.205. The highest BCUT2D eigenvalue weighted by molar-refractivity contribution is 6.36. The Morgan fingerprint density at radius 2 is 1.79 bits per heavy atom. The molecule has 4 aliphatic carbocycles. The second-order valence-corrected chi connectivity index (χ2v) is 11.1. The molecule has 4 bridgehead atoms. The first-order valence-electron chi connectivity index (χ1n) is 11.2. The van der Waals surface area contributed by atoms with Gasteiger partial charge in [-0.2, -0.15) is 5.10 Å². The van der Waals surface area contributed by atoms with Crippen molar-refractivity contribution in [3.05, 3.63) is 57.7 Å². The molecule has 1 aromatic carbocycles. The van der Waals surface area contributed by atoms with Crippen molar-refractivity contribution < 1.29 is 4.79 Å². The van der Waals surface area contributed by atoms with Crippen molar-refractivity contribution in [3.63, 3.8) is 0 Å². The summed E-state index contributed by atoms with van der Waals surface area (Å²) in [6.07, 6.45) is 9.39. The van der Waals surface area contributed by atoms with Gasteiger partial charge in [0.15, 0.2) is 5.82 Å². The Labute approximate surface area is 206 Å². The number of halogens is 3. The van der Waals surface area contributed by atoms with Gasteiger partial charge in [0, 0.05) is 27.9 Å². The maximum absolute atomic E-state index is 13.6. The van der Waals surface area contributed by atoms with Crippen LogP contribution in [0.25, 0.3) is 0 Å². The second kappa shape index (κ2) is 7.72. The van der Waals surface area contributed by atoms with E-state index in [4.69, 9.17) is 34.8 Å². The van der Waals surface area contributed by atoms with Crippen LogP contribution in [-0.2, 0) is 16.9 Å². The number of rotatable bonds is 5. The molecule has 10 heteroatoms. The topological polar surface area (TPSA) is 77.6 Å². The molecule has 33 heavy (non-hydrogen) atoms. The number of nitrogens with one attached hydrogen (secondary N) is 1. The van der Waals surface area contributed by atoms with E-state index in [1.54, 1.807) is 23.1 Å². The van der Waals surface area contributed by atoms with Crippen molar-refractivity contribution in [2.75, 3.05) is 5.32 Å². The molecule has 0 radical (unpaired) electrons. The number of amides is 1. The minimum atomic E-state index is -0.418. The van der Waals surface area contributed by atoms with Crippen LogP contribution in [0.5, 0.6) is 0 Å². The predicted molar refractivity (Wildman–Crippen MR) is 127 cm³/mol. The number of aromatic nitrogens is 5. The first-order chi connectivity index (χ1) is 15.8. The summed E-state index contributed by atoms with van der Waals surface area (Å²) in [5.74, 6) is 1.62. The Morgan fingerprint density at radius 3 is 2.45 bits per heavy atom. The number of benzene rings is 1. The molecule has 2 heterocycles. The third kappa shape index (κ3) is 3.65. The summed E-state index contributed by atoms with van der Waals surface area (Å²) in [4.78, 5) is 17.8. The Balaban J connectivity index is 1.22. The van der Waals surface area contributed by atoms with E-state index in [1.807, 2.05) is 23.0 Å². The van der Waals surface area contributed by atoms with E-state index in [0.717, 1.165) is 37.7 Å². The molecule has 7 rings (SSSR count). The third-order valence-electron chi connectivity index (χ3n) is 7.73. The lowest BCUT2D eigenvalue weighted by Gasteiger charge is -2.60. The van der Waals surface area contributed by atoms with Crippen LogP contribution >= 0.6 is 34.8 Å². The van der Waals surface area contributed by atoms with Crippen molar-refractivity contribution in [3.8, 4) is 0 Å². The molecule has 172 valence electrons. The van der Waals surface area contributed by atoms with E-state index in [1.165, 1.54) is 6.42 Å². The average Bonchev–Trinajstić information content (AvgIpc) is 3.39. The zero-order valence-electron chi connectivity index (χ0n) is 17.8. The van der Waals surface area contributed by atoms with Crippen molar-refractivity contribution >= 4 is 46.5 Å². The lowest BCUT2D eigenvalue weighted by atomic mass is 9.46. The fourth-order valence-corrected chi connectivity index (χ4v) is 7.47. The maximum atomic E-state index is 13.6. The van der Waals surface area contributed by atoms with Gasteiger partial charge in [-0.05, 0) is 74.1 Å². The zero-order valence-corrected chi connectivity index (χ0v) is 20.1. The van der Waals surface area contributed by atoms with E-state index in [9.17, 15) is 4.79 Å². The molecular formula is C23H23Cl3N6O. The molecule has 0 aliphatic heterocycles. The highest BCUT2D eigenvalue weighted by Gasteiger charge is 2.61. The highest BCUT2D eigenvalue weighted by Crippen LogP contribution is 2.64. The van der Waals surface area contributed by atoms with Crippen LogP contribution in [0.2, 0.25) is 15.3 Å². The van der Waals surface area contributed by atoms with Gasteiger partial charge in [0.25, 0.3) is 0 Å². The maximum Gasteiger partial charge on any atom is 0.242 e. The minimum absolute atomic E-state index is 0.0493. The van der Waals surface area contributed by atoms with Crippen molar-refractivity contribution in [1.82, 2.24) is 24.5 Å². The summed E-state index contributed by atoms with van der Waals surface area (Å²) >= 11 is 18.6. The molecule has 1 amide bonds. The van der Waals surface area contributed by atoms with E-state index in [2.05, 4.69) is 20.5 Å². The number of nitrogens with zero attached hydrogens (tertiary/aromatic N) is 5. The number of carbonyl (C=O) groups excluding carboxylic acids is 1. The van der Waals surface area contributed by atoms with Crippen LogP contribution in [0.4, 0.5) is 5.82 Å². The molecule has 7 nitrogen and oxygen atoms in total. The standard InChI is InChI=1S/C23H23Cl3N6O/c24-17-2-1-3-18(25)16(17)11-31-5-4-19(29-31)28-20(33)22-7-14-6-15(8-22)10-23(9-14,12-22)32-13-27-21(26)30-32/h1-5,13-15H,6-12H2,(H,28,29,33). The largest absolute Gasteiger partial charge is 0.309 e. The number of carbonyl (C=O) groups is 1. The summed E-state index contributed by atoms with van der Waals surface area (Å²) in [6.45, 7) is 0.430. The lowest BCUT2D eigenvalue weighted by Crippen LogP contribution is -2.60. The van der Waals surface area contributed by atoms with Crippen molar-refractivity contribution in [2.45, 2.75) is 50.6 Å². The van der Waals surface area contributed by atoms with E-state index in [0.29, 0.717) is 34.2 Å². The third-order valence-corrected chi connectivity index (χ3v) is 8.61. The van der Waals surface area contributed by atoms with Gasteiger partial charge in [0.2, 0.25) is 11.2 Å². The number of hydrogen-bond acceptors (Lipinski definition) is 4. The normalized spacial score (nSPS) is 30.0. The Morgan fingerprint density at radius 1 is 1.06 bits per heavy atom. The highest BCUT2D eigenvalue weighted by atomic mass is 35.5. The lowest BCUT2D eigenvalue weighted by molar-refractivity contribution is -0.150. The minimum Gasteiger partial charge on any atom is -0.309 e.